The van der Waals surface area contributed by atoms with Gasteiger partial charge in [0.05, 0.1) is 12.3 Å². The summed E-state index contributed by atoms with van der Waals surface area (Å²) in [4.78, 5) is 20.0. The van der Waals surface area contributed by atoms with Crippen LogP contribution >= 0.6 is 0 Å². The highest BCUT2D eigenvalue weighted by atomic mass is 16.5. The first-order valence-corrected chi connectivity index (χ1v) is 6.66. The van der Waals surface area contributed by atoms with Gasteiger partial charge in [-0.05, 0) is 23.8 Å². The van der Waals surface area contributed by atoms with E-state index in [9.17, 15) is 4.79 Å². The van der Waals surface area contributed by atoms with Crippen molar-refractivity contribution in [3.63, 3.8) is 0 Å². The number of rotatable bonds is 6. The van der Waals surface area contributed by atoms with Crippen LogP contribution in [0.4, 0.5) is 4.79 Å². The van der Waals surface area contributed by atoms with Crippen molar-refractivity contribution in [1.29, 1.82) is 0 Å². The zero-order chi connectivity index (χ0) is 14.9. The van der Waals surface area contributed by atoms with Crippen molar-refractivity contribution in [2.45, 2.75) is 6.54 Å². The molecule has 2 aromatic heterocycles. The lowest BCUT2D eigenvalue weighted by Crippen LogP contribution is -2.36. The van der Waals surface area contributed by atoms with Crippen molar-refractivity contribution in [2.24, 2.45) is 0 Å². The first-order chi connectivity index (χ1) is 10.3. The lowest BCUT2D eigenvalue weighted by atomic mass is 10.1. The normalized spacial score (nSPS) is 10.1. The van der Waals surface area contributed by atoms with Crippen molar-refractivity contribution >= 4 is 6.03 Å². The number of ether oxygens (including phenoxy) is 1. The van der Waals surface area contributed by atoms with Gasteiger partial charge in [0.2, 0.25) is 0 Å². The third kappa shape index (κ3) is 4.54. The van der Waals surface area contributed by atoms with Gasteiger partial charge in [-0.25, -0.2) is 4.79 Å². The Morgan fingerprint density at radius 3 is 2.76 bits per heavy atom. The van der Waals surface area contributed by atoms with Crippen molar-refractivity contribution in [3.8, 4) is 11.3 Å². The molecule has 0 saturated heterocycles. The van der Waals surface area contributed by atoms with Crippen LogP contribution in [0.3, 0.4) is 0 Å². The van der Waals surface area contributed by atoms with Gasteiger partial charge in [0, 0.05) is 44.4 Å². The summed E-state index contributed by atoms with van der Waals surface area (Å²) in [7, 11) is 1.59. The lowest BCUT2D eigenvalue weighted by molar-refractivity contribution is 0.196. The number of hydrogen-bond donors (Lipinski definition) is 2. The minimum Gasteiger partial charge on any atom is -0.383 e. The third-order valence-corrected chi connectivity index (χ3v) is 2.88. The quantitative estimate of drug-likeness (QED) is 0.791. The number of nitrogens with zero attached hydrogens (tertiary/aromatic N) is 2. The second kappa shape index (κ2) is 7.96. The monoisotopic (exact) mass is 286 g/mol. The summed E-state index contributed by atoms with van der Waals surface area (Å²) in [6, 6.07) is 7.36. The second-order valence-electron chi connectivity index (χ2n) is 4.35. The van der Waals surface area contributed by atoms with Crippen LogP contribution < -0.4 is 10.6 Å². The summed E-state index contributed by atoms with van der Waals surface area (Å²) in [5, 5.41) is 5.51. The molecule has 2 N–H and O–H groups in total. The Balaban J connectivity index is 1.99. The molecule has 21 heavy (non-hydrogen) atoms. The Morgan fingerprint density at radius 1 is 1.19 bits per heavy atom. The molecule has 2 rings (SSSR count). The van der Waals surface area contributed by atoms with Crippen molar-refractivity contribution < 1.29 is 9.53 Å². The van der Waals surface area contributed by atoms with E-state index in [1.165, 1.54) is 0 Å². The molecule has 0 atom stereocenters. The number of carbonyl (C=O) groups is 1. The number of hydrogen-bond acceptors (Lipinski definition) is 4. The molecular weight excluding hydrogens is 268 g/mol. The van der Waals surface area contributed by atoms with Gasteiger partial charge in [-0.15, -0.1) is 0 Å². The molecule has 2 heterocycles. The minimum absolute atomic E-state index is 0.225. The molecule has 2 amide bonds. The molecule has 0 aliphatic heterocycles. The largest absolute Gasteiger partial charge is 0.383 e. The van der Waals surface area contributed by atoms with Crippen LogP contribution in [-0.2, 0) is 11.3 Å². The van der Waals surface area contributed by atoms with E-state index in [-0.39, 0.29) is 6.03 Å². The summed E-state index contributed by atoms with van der Waals surface area (Å²) in [5.41, 5.74) is 2.77. The zero-order valence-corrected chi connectivity index (χ0v) is 11.9. The van der Waals surface area contributed by atoms with Crippen LogP contribution in [0.25, 0.3) is 11.3 Å². The molecule has 0 spiro atoms. The highest BCUT2D eigenvalue weighted by Crippen LogP contribution is 2.19. The van der Waals surface area contributed by atoms with Crippen LogP contribution in [0.1, 0.15) is 5.56 Å². The fourth-order valence-electron chi connectivity index (χ4n) is 1.86. The van der Waals surface area contributed by atoms with E-state index in [2.05, 4.69) is 20.6 Å². The SMILES string of the molecule is COCCNC(=O)NCc1cccnc1-c1ccncc1. The number of methoxy groups -OCH3 is 1. The molecule has 0 aliphatic rings. The maximum atomic E-state index is 11.6. The molecule has 0 radical (unpaired) electrons. The maximum Gasteiger partial charge on any atom is 0.315 e. The fraction of sp³-hybridized carbons (Fsp3) is 0.267. The second-order valence-corrected chi connectivity index (χ2v) is 4.35. The van der Waals surface area contributed by atoms with Crippen molar-refractivity contribution in [2.75, 3.05) is 20.3 Å². The predicted octanol–water partition coefficient (Wildman–Crippen LogP) is 1.59. The summed E-state index contributed by atoms with van der Waals surface area (Å²) in [6.07, 6.45) is 5.18. The Bertz CT molecular complexity index is 575. The van der Waals surface area contributed by atoms with E-state index in [0.29, 0.717) is 19.7 Å². The van der Waals surface area contributed by atoms with Gasteiger partial charge in [-0.1, -0.05) is 6.07 Å². The Kier molecular flexibility index (Phi) is 5.66. The molecule has 2 aromatic rings. The van der Waals surface area contributed by atoms with E-state index >= 15 is 0 Å². The van der Waals surface area contributed by atoms with Gasteiger partial charge < -0.3 is 15.4 Å². The Hall–Kier alpha value is -2.47. The summed E-state index contributed by atoms with van der Waals surface area (Å²) in [6.45, 7) is 1.37. The van der Waals surface area contributed by atoms with Gasteiger partial charge >= 0.3 is 6.03 Å². The summed E-state index contributed by atoms with van der Waals surface area (Å²) in [5.74, 6) is 0. The van der Waals surface area contributed by atoms with Crippen molar-refractivity contribution in [3.05, 3.63) is 48.4 Å². The number of pyridine rings is 2. The highest BCUT2D eigenvalue weighted by molar-refractivity contribution is 5.74. The first-order valence-electron chi connectivity index (χ1n) is 6.66. The molecule has 0 saturated carbocycles. The molecule has 0 unspecified atom stereocenters. The molecule has 6 heteroatoms. The van der Waals surface area contributed by atoms with Gasteiger partial charge in [-0.2, -0.15) is 0 Å². The zero-order valence-electron chi connectivity index (χ0n) is 11.9. The third-order valence-electron chi connectivity index (χ3n) is 2.88. The van der Waals surface area contributed by atoms with Crippen LogP contribution in [0.15, 0.2) is 42.9 Å². The molecule has 0 aliphatic carbocycles. The molecule has 0 bridgehead atoms. The van der Waals surface area contributed by atoms with Crippen molar-refractivity contribution in [1.82, 2.24) is 20.6 Å². The predicted molar refractivity (Wildman–Crippen MR) is 79.6 cm³/mol. The molecule has 0 fully saturated rings. The Labute approximate surface area is 123 Å². The summed E-state index contributed by atoms with van der Waals surface area (Å²) < 4.78 is 4.87. The molecule has 110 valence electrons. The average molecular weight is 286 g/mol. The summed E-state index contributed by atoms with van der Waals surface area (Å²) >= 11 is 0. The van der Waals surface area contributed by atoms with Gasteiger partial charge in [-0.3, -0.25) is 9.97 Å². The number of aromatic nitrogens is 2. The maximum absolute atomic E-state index is 11.6. The smallest absolute Gasteiger partial charge is 0.315 e. The number of carbonyl (C=O) groups excluding carboxylic acids is 1. The first kappa shape index (κ1) is 14.9. The van der Waals surface area contributed by atoms with Gasteiger partial charge in [0.15, 0.2) is 0 Å². The number of urea groups is 1. The van der Waals surface area contributed by atoms with Crippen LogP contribution in [0, 0.1) is 0 Å². The highest BCUT2D eigenvalue weighted by Gasteiger charge is 2.07. The van der Waals surface area contributed by atoms with Gasteiger partial charge in [0.25, 0.3) is 0 Å². The topological polar surface area (TPSA) is 76.1 Å². The molecule has 0 aromatic carbocycles. The van der Waals surface area contributed by atoms with E-state index in [4.69, 9.17) is 4.74 Å². The van der Waals surface area contributed by atoms with Crippen LogP contribution in [0.5, 0.6) is 0 Å². The van der Waals surface area contributed by atoms with Crippen LogP contribution in [0.2, 0.25) is 0 Å². The molecule has 6 nitrogen and oxygen atoms in total. The average Bonchev–Trinajstić information content (AvgIpc) is 2.54. The van der Waals surface area contributed by atoms with Crippen LogP contribution in [-0.4, -0.2) is 36.3 Å². The molecular formula is C15H18N4O2. The Morgan fingerprint density at radius 2 is 2.00 bits per heavy atom. The van der Waals surface area contributed by atoms with E-state index in [1.807, 2.05) is 24.3 Å². The minimum atomic E-state index is -0.225. The number of nitrogens with one attached hydrogen (secondary N) is 2. The van der Waals surface area contributed by atoms with E-state index < -0.39 is 0 Å². The lowest BCUT2D eigenvalue weighted by Gasteiger charge is -2.10. The van der Waals surface area contributed by atoms with Gasteiger partial charge in [0.1, 0.15) is 0 Å². The van der Waals surface area contributed by atoms with E-state index in [0.717, 1.165) is 16.8 Å². The number of amides is 2. The standard InChI is InChI=1S/C15H18N4O2/c1-21-10-9-18-15(20)19-11-13-3-2-6-17-14(13)12-4-7-16-8-5-12/h2-8H,9-11H2,1H3,(H2,18,19,20). The van der Waals surface area contributed by atoms with E-state index in [1.54, 1.807) is 25.7 Å². The fourth-order valence-corrected chi connectivity index (χ4v) is 1.86.